The molecule has 0 radical (unpaired) electrons. The number of hydrogen-bond acceptors (Lipinski definition) is 4. The molecule has 122 valence electrons. The highest BCUT2D eigenvalue weighted by atomic mass is 35.5. The van der Waals surface area contributed by atoms with Gasteiger partial charge in [0.2, 0.25) is 0 Å². The standard InChI is InChI=1S/C15H20ClFN2O3/c1-18(10-14(20)21)8-12-9-19(5-6-22-12)7-11-3-2-4-13(16)15(11)17/h2-4,12H,5-10H2,1H3,(H,20,21). The Morgan fingerprint density at radius 2 is 2.36 bits per heavy atom. The van der Waals surface area contributed by atoms with Crippen molar-refractivity contribution in [1.29, 1.82) is 0 Å². The zero-order chi connectivity index (χ0) is 16.1. The smallest absolute Gasteiger partial charge is 0.317 e. The lowest BCUT2D eigenvalue weighted by Crippen LogP contribution is -2.47. The van der Waals surface area contributed by atoms with Crippen LogP contribution >= 0.6 is 11.6 Å². The number of carbonyl (C=O) groups is 1. The molecule has 0 aromatic heterocycles. The average molecular weight is 331 g/mol. The lowest BCUT2D eigenvalue weighted by Gasteiger charge is -2.34. The number of likely N-dealkylation sites (N-methyl/N-ethyl adjacent to an activating group) is 1. The lowest BCUT2D eigenvalue weighted by molar-refractivity contribution is -0.138. The summed E-state index contributed by atoms with van der Waals surface area (Å²) in [5.74, 6) is -1.24. The fourth-order valence-corrected chi connectivity index (χ4v) is 2.78. The molecule has 1 aliphatic rings. The number of morpholine rings is 1. The summed E-state index contributed by atoms with van der Waals surface area (Å²) in [4.78, 5) is 14.5. The Labute approximate surface area is 134 Å². The van der Waals surface area contributed by atoms with E-state index in [-0.39, 0.29) is 23.5 Å². The predicted octanol–water partition coefficient (Wildman–Crippen LogP) is 1.70. The molecule has 0 spiro atoms. The first-order chi connectivity index (χ1) is 10.5. The van der Waals surface area contributed by atoms with Crippen LogP contribution in [0.2, 0.25) is 5.02 Å². The second-order valence-corrected chi connectivity index (χ2v) is 5.94. The first-order valence-electron chi connectivity index (χ1n) is 7.13. The van der Waals surface area contributed by atoms with Gasteiger partial charge in [-0.15, -0.1) is 0 Å². The molecule has 2 rings (SSSR count). The van der Waals surface area contributed by atoms with Crippen LogP contribution in [-0.4, -0.2) is 66.8 Å². The van der Waals surface area contributed by atoms with Crippen molar-refractivity contribution in [3.8, 4) is 0 Å². The second-order valence-electron chi connectivity index (χ2n) is 5.53. The molecule has 0 aliphatic carbocycles. The fraction of sp³-hybridized carbons (Fsp3) is 0.533. The zero-order valence-electron chi connectivity index (χ0n) is 12.5. The van der Waals surface area contributed by atoms with Crippen LogP contribution in [0.4, 0.5) is 4.39 Å². The van der Waals surface area contributed by atoms with Crippen LogP contribution in [0.3, 0.4) is 0 Å². The Hall–Kier alpha value is -1.21. The van der Waals surface area contributed by atoms with E-state index in [0.717, 1.165) is 0 Å². The first kappa shape index (κ1) is 17.1. The first-order valence-corrected chi connectivity index (χ1v) is 7.50. The van der Waals surface area contributed by atoms with Gasteiger partial charge < -0.3 is 9.84 Å². The van der Waals surface area contributed by atoms with Gasteiger partial charge in [-0.05, 0) is 13.1 Å². The quantitative estimate of drug-likeness (QED) is 0.860. The van der Waals surface area contributed by atoms with Crippen LogP contribution in [0.15, 0.2) is 18.2 Å². The normalized spacial score (nSPS) is 19.5. The Kier molecular flexibility index (Phi) is 6.14. The highest BCUT2D eigenvalue weighted by molar-refractivity contribution is 6.30. The minimum absolute atomic E-state index is 0.0250. The molecule has 1 aliphatic heterocycles. The van der Waals surface area contributed by atoms with Gasteiger partial charge in [-0.1, -0.05) is 23.7 Å². The number of hydrogen-bond donors (Lipinski definition) is 1. The van der Waals surface area contributed by atoms with Crippen LogP contribution in [0, 0.1) is 5.82 Å². The Morgan fingerprint density at radius 3 is 3.09 bits per heavy atom. The number of aliphatic carboxylic acids is 1. The van der Waals surface area contributed by atoms with Gasteiger partial charge in [-0.2, -0.15) is 0 Å². The summed E-state index contributed by atoms with van der Waals surface area (Å²) in [5.41, 5.74) is 0.562. The maximum absolute atomic E-state index is 13.9. The molecule has 1 atom stereocenters. The van der Waals surface area contributed by atoms with E-state index >= 15 is 0 Å². The summed E-state index contributed by atoms with van der Waals surface area (Å²) in [7, 11) is 1.74. The van der Waals surface area contributed by atoms with Gasteiger partial charge in [0.25, 0.3) is 0 Å². The summed E-state index contributed by atoms with van der Waals surface area (Å²) in [6, 6.07) is 4.99. The molecule has 0 bridgehead atoms. The zero-order valence-corrected chi connectivity index (χ0v) is 13.2. The van der Waals surface area contributed by atoms with E-state index in [2.05, 4.69) is 4.90 Å². The third kappa shape index (κ3) is 4.91. The van der Waals surface area contributed by atoms with Gasteiger partial charge in [0.1, 0.15) is 5.82 Å². The monoisotopic (exact) mass is 330 g/mol. The SMILES string of the molecule is CN(CC(=O)O)CC1CN(Cc2cccc(Cl)c2F)CCO1. The van der Waals surface area contributed by atoms with E-state index in [1.165, 1.54) is 6.07 Å². The minimum Gasteiger partial charge on any atom is -0.480 e. The summed E-state index contributed by atoms with van der Waals surface area (Å²) in [6.07, 6.45) is -0.0830. The number of carboxylic acid groups (broad SMARTS) is 1. The van der Waals surface area contributed by atoms with E-state index in [9.17, 15) is 9.18 Å². The summed E-state index contributed by atoms with van der Waals surface area (Å²) >= 11 is 5.80. The number of ether oxygens (including phenoxy) is 1. The molecular weight excluding hydrogens is 311 g/mol. The molecule has 1 aromatic rings. The van der Waals surface area contributed by atoms with Crippen molar-refractivity contribution in [3.05, 3.63) is 34.6 Å². The Balaban J connectivity index is 1.90. The van der Waals surface area contributed by atoms with E-state index in [0.29, 0.717) is 38.3 Å². The summed E-state index contributed by atoms with van der Waals surface area (Å²) in [5, 5.41) is 8.90. The van der Waals surface area contributed by atoms with Gasteiger partial charge >= 0.3 is 5.97 Å². The molecule has 1 heterocycles. The van der Waals surface area contributed by atoms with Crippen LogP contribution < -0.4 is 0 Å². The van der Waals surface area contributed by atoms with Crippen molar-refractivity contribution in [1.82, 2.24) is 9.80 Å². The third-order valence-electron chi connectivity index (χ3n) is 3.57. The molecule has 1 aromatic carbocycles. The fourth-order valence-electron chi connectivity index (χ4n) is 2.59. The predicted molar refractivity (Wildman–Crippen MR) is 81.6 cm³/mol. The van der Waals surface area contributed by atoms with Gasteiger partial charge in [-0.25, -0.2) is 4.39 Å². The van der Waals surface area contributed by atoms with Crippen molar-refractivity contribution >= 4 is 17.6 Å². The topological polar surface area (TPSA) is 53.0 Å². The highest BCUT2D eigenvalue weighted by Gasteiger charge is 2.23. The van der Waals surface area contributed by atoms with Crippen LogP contribution in [0.1, 0.15) is 5.56 Å². The van der Waals surface area contributed by atoms with Gasteiger partial charge in [0, 0.05) is 31.7 Å². The van der Waals surface area contributed by atoms with Crippen molar-refractivity contribution in [3.63, 3.8) is 0 Å². The summed E-state index contributed by atoms with van der Waals surface area (Å²) in [6.45, 7) is 2.87. The average Bonchev–Trinajstić information content (AvgIpc) is 2.43. The lowest BCUT2D eigenvalue weighted by atomic mass is 10.1. The van der Waals surface area contributed by atoms with E-state index in [4.69, 9.17) is 21.4 Å². The van der Waals surface area contributed by atoms with Crippen LogP contribution in [0.5, 0.6) is 0 Å². The maximum atomic E-state index is 13.9. The molecule has 0 saturated carbocycles. The molecule has 1 fully saturated rings. The Bertz CT molecular complexity index is 530. The maximum Gasteiger partial charge on any atom is 0.317 e. The number of nitrogens with zero attached hydrogens (tertiary/aromatic N) is 2. The van der Waals surface area contributed by atoms with Gasteiger partial charge in [0.15, 0.2) is 0 Å². The second kappa shape index (κ2) is 7.87. The van der Waals surface area contributed by atoms with Crippen molar-refractivity contribution in [2.75, 3.05) is 39.8 Å². The number of halogens is 2. The van der Waals surface area contributed by atoms with Crippen molar-refractivity contribution < 1.29 is 19.0 Å². The molecule has 5 nitrogen and oxygen atoms in total. The Morgan fingerprint density at radius 1 is 1.59 bits per heavy atom. The van der Waals surface area contributed by atoms with Gasteiger partial charge in [-0.3, -0.25) is 14.6 Å². The largest absolute Gasteiger partial charge is 0.480 e. The molecule has 1 unspecified atom stereocenters. The molecule has 22 heavy (non-hydrogen) atoms. The van der Waals surface area contributed by atoms with Crippen LogP contribution in [0.25, 0.3) is 0 Å². The summed E-state index contributed by atoms with van der Waals surface area (Å²) < 4.78 is 19.6. The van der Waals surface area contributed by atoms with E-state index in [1.54, 1.807) is 24.1 Å². The molecule has 0 amide bonds. The van der Waals surface area contributed by atoms with E-state index in [1.807, 2.05) is 0 Å². The third-order valence-corrected chi connectivity index (χ3v) is 3.86. The van der Waals surface area contributed by atoms with Crippen molar-refractivity contribution in [2.45, 2.75) is 12.6 Å². The van der Waals surface area contributed by atoms with E-state index < -0.39 is 5.97 Å². The van der Waals surface area contributed by atoms with Crippen molar-refractivity contribution in [2.24, 2.45) is 0 Å². The molecule has 1 N–H and O–H groups in total. The number of carboxylic acids is 1. The minimum atomic E-state index is -0.865. The van der Waals surface area contributed by atoms with Gasteiger partial charge in [0.05, 0.1) is 24.3 Å². The molecular formula is C15H20ClFN2O3. The molecule has 1 saturated heterocycles. The number of rotatable bonds is 6. The highest BCUT2D eigenvalue weighted by Crippen LogP contribution is 2.20. The number of benzene rings is 1. The van der Waals surface area contributed by atoms with Crippen LogP contribution in [-0.2, 0) is 16.1 Å². The molecule has 7 heteroatoms.